The third kappa shape index (κ3) is 1.68. The van der Waals surface area contributed by atoms with Crippen molar-refractivity contribution in [3.8, 4) is 0 Å². The Bertz CT molecular complexity index is 353. The molecule has 0 unspecified atom stereocenters. The summed E-state index contributed by atoms with van der Waals surface area (Å²) in [7, 11) is 0. The van der Waals surface area contributed by atoms with Gasteiger partial charge in [0.15, 0.2) is 0 Å². The molecule has 0 aliphatic rings. The van der Waals surface area contributed by atoms with Crippen LogP contribution < -0.4 is 0 Å². The van der Waals surface area contributed by atoms with E-state index >= 15 is 0 Å². The molecule has 64 valence electrons. The normalized spacial score (nSPS) is 9.67. The topological polar surface area (TPSA) is 74.6 Å². The predicted molar refractivity (Wildman–Crippen MR) is 46.9 cm³/mol. The van der Waals surface area contributed by atoms with E-state index in [0.29, 0.717) is 3.14 Å². The monoisotopic (exact) mass is 222 g/mol. The molecular weight excluding hydrogens is 220 g/mol. The molecule has 0 aliphatic carbocycles. The second kappa shape index (κ2) is 3.30. The van der Waals surface area contributed by atoms with Gasteiger partial charge < -0.3 is 10.2 Å². The molecule has 0 saturated heterocycles. The molecule has 0 amide bonds. The molecular formula is C5H2O4S3. The van der Waals surface area contributed by atoms with Gasteiger partial charge in [-0.2, -0.15) is 0 Å². The Kier molecular flexibility index (Phi) is 2.55. The van der Waals surface area contributed by atoms with Crippen LogP contribution in [0.15, 0.2) is 0 Å². The molecule has 12 heavy (non-hydrogen) atoms. The molecule has 2 N–H and O–H groups in total. The molecule has 0 aliphatic heterocycles. The van der Waals surface area contributed by atoms with Crippen molar-refractivity contribution in [2.45, 2.75) is 0 Å². The van der Waals surface area contributed by atoms with E-state index in [1.807, 2.05) is 0 Å². The van der Waals surface area contributed by atoms with Crippen LogP contribution in [0.4, 0.5) is 0 Å². The van der Waals surface area contributed by atoms with Crippen LogP contribution in [0, 0.1) is 3.14 Å². The molecule has 4 nitrogen and oxygen atoms in total. The molecule has 0 aromatic carbocycles. The van der Waals surface area contributed by atoms with Crippen LogP contribution in [0.25, 0.3) is 0 Å². The first-order valence-electron chi connectivity index (χ1n) is 2.63. The van der Waals surface area contributed by atoms with Gasteiger partial charge >= 0.3 is 11.9 Å². The maximum Gasteiger partial charge on any atom is 0.347 e. The van der Waals surface area contributed by atoms with E-state index in [2.05, 4.69) is 12.2 Å². The largest absolute Gasteiger partial charge is 0.477 e. The lowest BCUT2D eigenvalue weighted by molar-refractivity contribution is 0.0660. The molecule has 1 heterocycles. The van der Waals surface area contributed by atoms with Crippen LogP contribution >= 0.6 is 34.9 Å². The average molecular weight is 222 g/mol. The van der Waals surface area contributed by atoms with Crippen molar-refractivity contribution in [1.29, 1.82) is 0 Å². The molecule has 0 saturated carbocycles. The van der Waals surface area contributed by atoms with Crippen LogP contribution in [0.3, 0.4) is 0 Å². The van der Waals surface area contributed by atoms with Gasteiger partial charge in [0, 0.05) is 0 Å². The fraction of sp³-hybridized carbons (Fsp3) is 0. The first-order chi connectivity index (χ1) is 5.52. The van der Waals surface area contributed by atoms with Crippen LogP contribution in [0.1, 0.15) is 19.3 Å². The summed E-state index contributed by atoms with van der Waals surface area (Å²) < 4.78 is 0.310. The zero-order valence-corrected chi connectivity index (χ0v) is 7.89. The molecule has 7 heteroatoms. The fourth-order valence-corrected chi connectivity index (χ4v) is 2.85. The summed E-state index contributed by atoms with van der Waals surface area (Å²) in [6, 6.07) is 0. The molecule has 0 atom stereocenters. The third-order valence-electron chi connectivity index (χ3n) is 0.966. The Balaban J connectivity index is 3.36. The highest BCUT2D eigenvalue weighted by Crippen LogP contribution is 2.24. The summed E-state index contributed by atoms with van der Waals surface area (Å²) >= 11 is 6.28. The van der Waals surface area contributed by atoms with E-state index < -0.39 is 11.9 Å². The van der Waals surface area contributed by atoms with Crippen molar-refractivity contribution in [3.05, 3.63) is 12.9 Å². The van der Waals surface area contributed by atoms with Gasteiger partial charge in [-0.3, -0.25) is 0 Å². The van der Waals surface area contributed by atoms with Crippen molar-refractivity contribution < 1.29 is 19.8 Å². The van der Waals surface area contributed by atoms with Crippen molar-refractivity contribution in [2.24, 2.45) is 0 Å². The first kappa shape index (κ1) is 9.30. The highest BCUT2D eigenvalue weighted by Gasteiger charge is 2.19. The van der Waals surface area contributed by atoms with Gasteiger partial charge in [0.1, 0.15) is 12.9 Å². The van der Waals surface area contributed by atoms with Crippen molar-refractivity contribution in [3.63, 3.8) is 0 Å². The molecule has 0 bridgehead atoms. The minimum atomic E-state index is -1.25. The minimum absolute atomic E-state index is 0.197. The van der Waals surface area contributed by atoms with Crippen molar-refractivity contribution in [1.82, 2.24) is 0 Å². The van der Waals surface area contributed by atoms with Gasteiger partial charge in [-0.25, -0.2) is 9.59 Å². The molecule has 0 spiro atoms. The summed E-state index contributed by atoms with van der Waals surface area (Å²) in [5.41, 5.74) is 0. The number of hydrogen-bond acceptors (Lipinski definition) is 5. The minimum Gasteiger partial charge on any atom is -0.477 e. The summed E-state index contributed by atoms with van der Waals surface area (Å²) in [5.74, 6) is -2.49. The van der Waals surface area contributed by atoms with E-state index in [4.69, 9.17) is 10.2 Å². The molecule has 1 aromatic rings. The van der Waals surface area contributed by atoms with E-state index in [1.54, 1.807) is 0 Å². The maximum atomic E-state index is 10.4. The Morgan fingerprint density at radius 2 is 1.42 bits per heavy atom. The van der Waals surface area contributed by atoms with Crippen molar-refractivity contribution in [2.75, 3.05) is 0 Å². The quantitative estimate of drug-likeness (QED) is 0.748. The van der Waals surface area contributed by atoms with Crippen LogP contribution in [-0.4, -0.2) is 22.2 Å². The lowest BCUT2D eigenvalue weighted by Gasteiger charge is -1.88. The number of aromatic carboxylic acids is 2. The summed E-state index contributed by atoms with van der Waals surface area (Å²) in [5, 5.41) is 17.1. The van der Waals surface area contributed by atoms with Gasteiger partial charge in [0.25, 0.3) is 0 Å². The van der Waals surface area contributed by atoms with Gasteiger partial charge in [0.05, 0.1) is 0 Å². The SMILES string of the molecule is O=C(O)c1sc(=S)sc1C(=O)O. The lowest BCUT2D eigenvalue weighted by Crippen LogP contribution is -2.01. The van der Waals surface area contributed by atoms with E-state index in [-0.39, 0.29) is 9.75 Å². The van der Waals surface area contributed by atoms with Gasteiger partial charge in [-0.15, -0.1) is 22.7 Å². The third-order valence-corrected chi connectivity index (χ3v) is 3.59. The highest BCUT2D eigenvalue weighted by molar-refractivity contribution is 7.76. The zero-order chi connectivity index (χ0) is 9.30. The second-order valence-corrected chi connectivity index (χ2v) is 4.95. The first-order valence-corrected chi connectivity index (χ1v) is 4.67. The van der Waals surface area contributed by atoms with E-state index in [0.717, 1.165) is 22.7 Å². The fourth-order valence-electron chi connectivity index (χ4n) is 0.562. The molecule has 1 rings (SSSR count). The van der Waals surface area contributed by atoms with Crippen LogP contribution in [0.5, 0.6) is 0 Å². The standard InChI is InChI=1S/C5H2O4S3/c6-3(7)1-2(4(8)9)12-5(10)11-1/h(H,6,7)(H,8,9). The maximum absolute atomic E-state index is 10.4. The van der Waals surface area contributed by atoms with Crippen molar-refractivity contribution >= 4 is 46.8 Å². The molecule has 0 fully saturated rings. The zero-order valence-electron chi connectivity index (χ0n) is 5.44. The Labute approximate surface area is 79.7 Å². The summed E-state index contributed by atoms with van der Waals surface area (Å²) in [6.45, 7) is 0. The second-order valence-electron chi connectivity index (χ2n) is 1.72. The number of hydrogen-bond donors (Lipinski definition) is 2. The highest BCUT2D eigenvalue weighted by atomic mass is 32.2. The Morgan fingerprint density at radius 3 is 1.67 bits per heavy atom. The predicted octanol–water partition coefficient (Wildman–Crippen LogP) is 1.94. The van der Waals surface area contributed by atoms with Gasteiger partial charge in [0.2, 0.25) is 0 Å². The van der Waals surface area contributed by atoms with E-state index in [9.17, 15) is 9.59 Å². The molecule has 1 aromatic heterocycles. The average Bonchev–Trinajstić information content (AvgIpc) is 2.31. The number of carboxylic acids is 2. The number of carboxylic acid groups (broad SMARTS) is 2. The van der Waals surface area contributed by atoms with E-state index in [1.165, 1.54) is 0 Å². The smallest absolute Gasteiger partial charge is 0.347 e. The van der Waals surface area contributed by atoms with Gasteiger partial charge in [-0.1, -0.05) is 12.2 Å². The molecule has 0 radical (unpaired) electrons. The summed E-state index contributed by atoms with van der Waals surface area (Å²) in [6.07, 6.45) is 0. The van der Waals surface area contributed by atoms with Crippen LogP contribution in [0.2, 0.25) is 0 Å². The Hall–Kier alpha value is -0.790. The van der Waals surface area contributed by atoms with Crippen LogP contribution in [-0.2, 0) is 0 Å². The number of rotatable bonds is 2. The number of carbonyl (C=O) groups is 2. The van der Waals surface area contributed by atoms with Gasteiger partial charge in [-0.05, 0) is 0 Å². The summed E-state index contributed by atoms with van der Waals surface area (Å²) in [4.78, 5) is 20.5. The lowest BCUT2D eigenvalue weighted by atomic mass is 10.4. The Morgan fingerprint density at radius 1 is 1.08 bits per heavy atom.